The van der Waals surface area contributed by atoms with E-state index < -0.39 is 0 Å². The van der Waals surface area contributed by atoms with Crippen LogP contribution in [0.4, 0.5) is 0 Å². The summed E-state index contributed by atoms with van der Waals surface area (Å²) in [4.78, 5) is 13.4. The molecule has 2 rings (SSSR count). The zero-order chi connectivity index (χ0) is 11.8. The highest BCUT2D eigenvalue weighted by atomic mass is 16.2. The highest BCUT2D eigenvalue weighted by Gasteiger charge is 2.20. The predicted molar refractivity (Wildman–Crippen MR) is 67.0 cm³/mol. The molecule has 2 aliphatic rings. The zero-order valence-corrected chi connectivity index (χ0v) is 10.5. The Morgan fingerprint density at radius 3 is 2.94 bits per heavy atom. The van der Waals surface area contributed by atoms with Gasteiger partial charge in [0.25, 0.3) is 0 Å². The monoisotopic (exact) mass is 224 g/mol. The zero-order valence-electron chi connectivity index (χ0n) is 10.5. The van der Waals surface area contributed by atoms with Crippen molar-refractivity contribution in [1.29, 1.82) is 0 Å². The molecule has 0 saturated carbocycles. The summed E-state index contributed by atoms with van der Waals surface area (Å²) in [5.41, 5.74) is 0. The van der Waals surface area contributed by atoms with Crippen LogP contribution in [-0.4, -0.2) is 30.4 Å². The fourth-order valence-electron chi connectivity index (χ4n) is 2.16. The maximum atomic E-state index is 11.5. The lowest BCUT2D eigenvalue weighted by atomic mass is 9.98. The van der Waals surface area contributed by atoms with E-state index in [1.54, 1.807) is 0 Å². The van der Waals surface area contributed by atoms with Gasteiger partial charge in [-0.05, 0) is 38.3 Å². The molecule has 92 valence electrons. The average molecular weight is 224 g/mol. The summed E-state index contributed by atoms with van der Waals surface area (Å²) in [5.74, 6) is 0.938. The van der Waals surface area contributed by atoms with Gasteiger partial charge in [-0.1, -0.05) is 19.9 Å². The number of carbonyl (C=O) groups is 1. The quantitative estimate of drug-likeness (QED) is 0.779. The molecule has 1 N–H and O–H groups in total. The first-order valence-electron chi connectivity index (χ1n) is 6.53. The maximum Gasteiger partial charge on any atom is 0.226 e. The summed E-state index contributed by atoms with van der Waals surface area (Å²) in [6, 6.07) is 0. The molecular formula is C13H24N2O. The number of nitrogens with zero attached hydrogens (tertiary/aromatic N) is 1. The molecule has 0 aliphatic carbocycles. The number of amides is 1. The molecule has 0 aromatic carbocycles. The van der Waals surface area contributed by atoms with Gasteiger partial charge < -0.3 is 10.2 Å². The summed E-state index contributed by atoms with van der Waals surface area (Å²) in [6.45, 7) is 7.11. The third-order valence-corrected chi connectivity index (χ3v) is 2.98. The third-order valence-electron chi connectivity index (χ3n) is 2.98. The van der Waals surface area contributed by atoms with Crippen molar-refractivity contribution in [2.24, 2.45) is 5.92 Å². The minimum absolute atomic E-state index is 0.290. The molecule has 0 aromatic heterocycles. The van der Waals surface area contributed by atoms with Crippen LogP contribution in [-0.2, 0) is 4.79 Å². The van der Waals surface area contributed by atoms with Gasteiger partial charge in [-0.3, -0.25) is 4.79 Å². The summed E-state index contributed by atoms with van der Waals surface area (Å²) in [7, 11) is 0. The summed E-state index contributed by atoms with van der Waals surface area (Å²) < 4.78 is 0. The molecule has 1 unspecified atom stereocenters. The van der Waals surface area contributed by atoms with Crippen LogP contribution in [0.5, 0.6) is 0 Å². The first-order valence-corrected chi connectivity index (χ1v) is 6.53. The van der Waals surface area contributed by atoms with Crippen molar-refractivity contribution in [3.8, 4) is 0 Å². The summed E-state index contributed by atoms with van der Waals surface area (Å²) in [5, 5.41) is 3.38. The summed E-state index contributed by atoms with van der Waals surface area (Å²) >= 11 is 0. The van der Waals surface area contributed by atoms with E-state index >= 15 is 0 Å². The Labute approximate surface area is 98.9 Å². The van der Waals surface area contributed by atoms with Crippen molar-refractivity contribution in [3.63, 3.8) is 0 Å². The average Bonchev–Trinajstić information content (AvgIpc) is 2.36. The van der Waals surface area contributed by atoms with Gasteiger partial charge >= 0.3 is 0 Å². The Kier molecular flexibility index (Phi) is 6.16. The van der Waals surface area contributed by atoms with Crippen molar-refractivity contribution in [1.82, 2.24) is 10.2 Å². The van der Waals surface area contributed by atoms with Crippen molar-refractivity contribution in [2.45, 2.75) is 39.5 Å². The minimum Gasteiger partial charge on any atom is -0.319 e. The third kappa shape index (κ3) is 3.97. The number of rotatable bonds is 2. The number of piperidine rings is 1. The molecule has 2 aliphatic heterocycles. The van der Waals surface area contributed by atoms with E-state index in [2.05, 4.69) is 11.4 Å². The van der Waals surface area contributed by atoms with E-state index in [1.165, 1.54) is 12.8 Å². The second kappa shape index (κ2) is 7.44. The lowest BCUT2D eigenvalue weighted by Gasteiger charge is -2.29. The van der Waals surface area contributed by atoms with Crippen LogP contribution in [0.15, 0.2) is 12.3 Å². The molecule has 0 aromatic rings. The first-order chi connectivity index (χ1) is 7.86. The molecule has 16 heavy (non-hydrogen) atoms. The first kappa shape index (κ1) is 13.2. The van der Waals surface area contributed by atoms with E-state index in [-0.39, 0.29) is 5.91 Å². The normalized spacial score (nSPS) is 25.0. The number of allylic oxidation sites excluding steroid dienone is 1. The second-order valence-electron chi connectivity index (χ2n) is 4.18. The molecule has 0 radical (unpaired) electrons. The van der Waals surface area contributed by atoms with E-state index in [4.69, 9.17) is 0 Å². The van der Waals surface area contributed by atoms with Crippen LogP contribution in [0, 0.1) is 5.92 Å². The lowest BCUT2D eigenvalue weighted by molar-refractivity contribution is -0.129. The smallest absolute Gasteiger partial charge is 0.226 e. The van der Waals surface area contributed by atoms with Crippen molar-refractivity contribution in [2.75, 3.05) is 19.6 Å². The van der Waals surface area contributed by atoms with Gasteiger partial charge in [-0.15, -0.1) is 0 Å². The predicted octanol–water partition coefficient (Wildman–Crippen LogP) is 2.15. The van der Waals surface area contributed by atoms with E-state index in [0.717, 1.165) is 26.1 Å². The maximum absolute atomic E-state index is 11.5. The van der Waals surface area contributed by atoms with Gasteiger partial charge in [0.15, 0.2) is 0 Å². The van der Waals surface area contributed by atoms with Gasteiger partial charge in [0.2, 0.25) is 5.91 Å². The fourth-order valence-corrected chi connectivity index (χ4v) is 2.16. The lowest BCUT2D eigenvalue weighted by Crippen LogP contribution is -2.39. The van der Waals surface area contributed by atoms with Crippen molar-refractivity contribution < 1.29 is 4.79 Å². The topological polar surface area (TPSA) is 32.3 Å². The Hall–Kier alpha value is -0.830. The van der Waals surface area contributed by atoms with Crippen LogP contribution >= 0.6 is 0 Å². The van der Waals surface area contributed by atoms with Crippen LogP contribution in [0.2, 0.25) is 0 Å². The van der Waals surface area contributed by atoms with Gasteiger partial charge in [-0.25, -0.2) is 0 Å². The summed E-state index contributed by atoms with van der Waals surface area (Å²) in [6.07, 6.45) is 8.16. The molecule has 2 heterocycles. The van der Waals surface area contributed by atoms with E-state index in [0.29, 0.717) is 12.3 Å². The Morgan fingerprint density at radius 1 is 1.50 bits per heavy atom. The SMILES string of the molecule is CC.O=C1CCC=CN1CC1CCCNC1. The molecule has 0 spiro atoms. The number of carbonyl (C=O) groups excluding carboxylic acids is 1. The van der Waals surface area contributed by atoms with Gasteiger partial charge in [0.1, 0.15) is 0 Å². The van der Waals surface area contributed by atoms with Crippen molar-refractivity contribution >= 4 is 5.91 Å². The molecule has 1 atom stereocenters. The van der Waals surface area contributed by atoms with Crippen LogP contribution in [0.1, 0.15) is 39.5 Å². The minimum atomic E-state index is 0.290. The second-order valence-corrected chi connectivity index (χ2v) is 4.18. The molecule has 1 fully saturated rings. The highest BCUT2D eigenvalue weighted by Crippen LogP contribution is 2.15. The molecule has 1 saturated heterocycles. The Balaban J connectivity index is 0.000000606. The molecular weight excluding hydrogens is 200 g/mol. The molecule has 0 bridgehead atoms. The van der Waals surface area contributed by atoms with Crippen LogP contribution in [0.3, 0.4) is 0 Å². The van der Waals surface area contributed by atoms with E-state index in [1.807, 2.05) is 24.9 Å². The number of nitrogens with one attached hydrogen (secondary N) is 1. The van der Waals surface area contributed by atoms with Crippen LogP contribution < -0.4 is 5.32 Å². The van der Waals surface area contributed by atoms with Gasteiger partial charge in [0, 0.05) is 19.2 Å². The molecule has 3 nitrogen and oxygen atoms in total. The number of hydrogen-bond acceptors (Lipinski definition) is 2. The standard InChI is InChI=1S/C11H18N2O.C2H6/c14-11-5-1-2-7-13(11)9-10-4-3-6-12-8-10;1-2/h2,7,10,12H,1,3-6,8-9H2;1-2H3. The van der Waals surface area contributed by atoms with Gasteiger partial charge in [0.05, 0.1) is 0 Å². The fraction of sp³-hybridized carbons (Fsp3) is 0.769. The Morgan fingerprint density at radius 2 is 2.31 bits per heavy atom. The van der Waals surface area contributed by atoms with E-state index in [9.17, 15) is 4.79 Å². The molecule has 3 heteroatoms. The number of hydrogen-bond donors (Lipinski definition) is 1. The van der Waals surface area contributed by atoms with Gasteiger partial charge in [-0.2, -0.15) is 0 Å². The van der Waals surface area contributed by atoms with Crippen molar-refractivity contribution in [3.05, 3.63) is 12.3 Å². The van der Waals surface area contributed by atoms with Crippen LogP contribution in [0.25, 0.3) is 0 Å². The molecule has 1 amide bonds. The largest absolute Gasteiger partial charge is 0.319 e. The Bertz CT molecular complexity index is 232. The highest BCUT2D eigenvalue weighted by molar-refractivity contribution is 5.78.